The summed E-state index contributed by atoms with van der Waals surface area (Å²) in [6.07, 6.45) is 0.420. The Balaban J connectivity index is 3.03. The first-order chi connectivity index (χ1) is 9.38. The lowest BCUT2D eigenvalue weighted by Crippen LogP contribution is -2.39. The van der Waals surface area contributed by atoms with Crippen molar-refractivity contribution in [2.75, 3.05) is 6.61 Å². The molecule has 1 rings (SSSR count). The number of nitro benzene ring substituents is 1. The number of para-hydroxylation sites is 1. The lowest BCUT2D eigenvalue weighted by Gasteiger charge is -2.21. The van der Waals surface area contributed by atoms with Crippen LogP contribution >= 0.6 is 0 Å². The molecule has 0 aliphatic carbocycles. The number of hydrogen-bond donors (Lipinski definition) is 2. The number of nitro groups is 1. The highest BCUT2D eigenvalue weighted by Gasteiger charge is 2.24. The van der Waals surface area contributed by atoms with E-state index in [0.717, 1.165) is 0 Å². The van der Waals surface area contributed by atoms with Crippen LogP contribution in [0.5, 0.6) is 0 Å². The van der Waals surface area contributed by atoms with Crippen molar-refractivity contribution in [3.05, 3.63) is 39.4 Å². The van der Waals surface area contributed by atoms with Gasteiger partial charge in [-0.05, 0) is 25.3 Å². The summed E-state index contributed by atoms with van der Waals surface area (Å²) in [5.74, 6) is -0.345. The van der Waals surface area contributed by atoms with Gasteiger partial charge in [0.05, 0.1) is 4.92 Å². The van der Waals surface area contributed by atoms with Crippen LogP contribution in [0.1, 0.15) is 36.2 Å². The zero-order valence-electron chi connectivity index (χ0n) is 11.9. The SMILES string of the molecule is Cc1cccc(C(=O)NC(CCO)C(C)C)c1[N+](=O)[O-]. The topological polar surface area (TPSA) is 92.5 Å². The summed E-state index contributed by atoms with van der Waals surface area (Å²) in [6, 6.07) is 4.44. The second-order valence-electron chi connectivity index (χ2n) is 5.06. The van der Waals surface area contributed by atoms with Gasteiger partial charge in [-0.3, -0.25) is 14.9 Å². The molecule has 1 amide bonds. The highest BCUT2D eigenvalue weighted by molar-refractivity contribution is 5.98. The Morgan fingerprint density at radius 2 is 2.10 bits per heavy atom. The minimum atomic E-state index is -0.541. The van der Waals surface area contributed by atoms with E-state index in [1.165, 1.54) is 6.07 Å². The van der Waals surface area contributed by atoms with Crippen LogP contribution in [0.3, 0.4) is 0 Å². The number of carbonyl (C=O) groups is 1. The Labute approximate surface area is 118 Å². The van der Waals surface area contributed by atoms with Gasteiger partial charge in [0.25, 0.3) is 11.6 Å². The third-order valence-electron chi connectivity index (χ3n) is 3.23. The molecule has 0 aliphatic heterocycles. The number of nitrogens with one attached hydrogen (secondary N) is 1. The van der Waals surface area contributed by atoms with Crippen molar-refractivity contribution < 1.29 is 14.8 Å². The van der Waals surface area contributed by atoms with E-state index in [0.29, 0.717) is 12.0 Å². The Morgan fingerprint density at radius 1 is 1.45 bits per heavy atom. The molecule has 1 aromatic carbocycles. The van der Waals surface area contributed by atoms with Gasteiger partial charge in [0.2, 0.25) is 0 Å². The van der Waals surface area contributed by atoms with Crippen molar-refractivity contribution in [3.8, 4) is 0 Å². The van der Waals surface area contributed by atoms with Crippen molar-refractivity contribution >= 4 is 11.6 Å². The van der Waals surface area contributed by atoms with Gasteiger partial charge in [-0.15, -0.1) is 0 Å². The zero-order chi connectivity index (χ0) is 15.3. The predicted octanol–water partition coefficient (Wildman–Crippen LogP) is 2.04. The summed E-state index contributed by atoms with van der Waals surface area (Å²) in [7, 11) is 0. The Hall–Kier alpha value is -1.95. The predicted molar refractivity (Wildman–Crippen MR) is 75.6 cm³/mol. The third kappa shape index (κ3) is 3.77. The highest BCUT2D eigenvalue weighted by Crippen LogP contribution is 2.23. The molecule has 0 saturated heterocycles. The molecule has 0 bridgehead atoms. The quantitative estimate of drug-likeness (QED) is 0.616. The van der Waals surface area contributed by atoms with Crippen molar-refractivity contribution in [2.24, 2.45) is 5.92 Å². The molecule has 2 N–H and O–H groups in total. The second-order valence-corrected chi connectivity index (χ2v) is 5.06. The fourth-order valence-corrected chi connectivity index (χ4v) is 2.04. The summed E-state index contributed by atoms with van der Waals surface area (Å²) in [5.41, 5.74) is 0.334. The smallest absolute Gasteiger partial charge is 0.285 e. The molecule has 0 aromatic heterocycles. The number of amides is 1. The summed E-state index contributed by atoms with van der Waals surface area (Å²) in [5, 5.41) is 22.8. The zero-order valence-corrected chi connectivity index (χ0v) is 11.9. The van der Waals surface area contributed by atoms with E-state index in [9.17, 15) is 14.9 Å². The molecule has 6 heteroatoms. The average Bonchev–Trinajstić information content (AvgIpc) is 2.37. The molecule has 20 heavy (non-hydrogen) atoms. The number of aliphatic hydroxyl groups is 1. The third-order valence-corrected chi connectivity index (χ3v) is 3.23. The first-order valence-corrected chi connectivity index (χ1v) is 6.54. The van der Waals surface area contributed by atoms with E-state index in [1.807, 2.05) is 13.8 Å². The van der Waals surface area contributed by atoms with Gasteiger partial charge < -0.3 is 10.4 Å². The van der Waals surface area contributed by atoms with Crippen LogP contribution in [-0.2, 0) is 0 Å². The fourth-order valence-electron chi connectivity index (χ4n) is 2.04. The molecule has 1 atom stereocenters. The van der Waals surface area contributed by atoms with Crippen LogP contribution in [0.4, 0.5) is 5.69 Å². The van der Waals surface area contributed by atoms with Crippen LogP contribution in [0.15, 0.2) is 18.2 Å². The number of aliphatic hydroxyl groups excluding tert-OH is 1. The highest BCUT2D eigenvalue weighted by atomic mass is 16.6. The maximum atomic E-state index is 12.2. The molecular weight excluding hydrogens is 260 g/mol. The van der Waals surface area contributed by atoms with Gasteiger partial charge in [0.15, 0.2) is 0 Å². The Morgan fingerprint density at radius 3 is 2.60 bits per heavy atom. The number of benzene rings is 1. The summed E-state index contributed by atoms with van der Waals surface area (Å²) in [4.78, 5) is 22.8. The fraction of sp³-hybridized carbons (Fsp3) is 0.500. The number of hydrogen-bond acceptors (Lipinski definition) is 4. The lowest BCUT2D eigenvalue weighted by atomic mass is 10.00. The van der Waals surface area contributed by atoms with E-state index in [-0.39, 0.29) is 29.8 Å². The molecule has 0 radical (unpaired) electrons. The van der Waals surface area contributed by atoms with E-state index in [2.05, 4.69) is 5.32 Å². The van der Waals surface area contributed by atoms with E-state index in [4.69, 9.17) is 5.11 Å². The van der Waals surface area contributed by atoms with Crippen LogP contribution < -0.4 is 5.32 Å². The Kier molecular flexibility index (Phi) is 5.64. The van der Waals surface area contributed by atoms with E-state index >= 15 is 0 Å². The average molecular weight is 280 g/mol. The monoisotopic (exact) mass is 280 g/mol. The number of rotatable bonds is 6. The van der Waals surface area contributed by atoms with Crippen molar-refractivity contribution in [3.63, 3.8) is 0 Å². The molecule has 110 valence electrons. The van der Waals surface area contributed by atoms with Gasteiger partial charge in [-0.2, -0.15) is 0 Å². The summed E-state index contributed by atoms with van der Waals surface area (Å²) in [6.45, 7) is 5.40. The van der Waals surface area contributed by atoms with Crippen LogP contribution in [0.25, 0.3) is 0 Å². The van der Waals surface area contributed by atoms with Crippen LogP contribution in [-0.4, -0.2) is 28.6 Å². The van der Waals surface area contributed by atoms with E-state index < -0.39 is 10.8 Å². The molecule has 0 saturated carbocycles. The molecule has 1 aromatic rings. The van der Waals surface area contributed by atoms with Crippen LogP contribution in [0, 0.1) is 23.0 Å². The van der Waals surface area contributed by atoms with Gasteiger partial charge in [0.1, 0.15) is 5.56 Å². The standard InChI is InChI=1S/C14H20N2O4/c1-9(2)12(7-8-17)15-14(18)11-6-4-5-10(3)13(11)16(19)20/h4-6,9,12,17H,7-8H2,1-3H3,(H,15,18). The van der Waals surface area contributed by atoms with Crippen molar-refractivity contribution in [2.45, 2.75) is 33.2 Å². The summed E-state index contributed by atoms with van der Waals surface area (Å²) >= 11 is 0. The minimum absolute atomic E-state index is 0.0426. The second kappa shape index (κ2) is 7.00. The first-order valence-electron chi connectivity index (χ1n) is 6.54. The Bertz CT molecular complexity index is 500. The van der Waals surface area contributed by atoms with Gasteiger partial charge >= 0.3 is 0 Å². The normalized spacial score (nSPS) is 12.2. The van der Waals surface area contributed by atoms with Gasteiger partial charge in [0, 0.05) is 18.2 Å². The molecular formula is C14H20N2O4. The van der Waals surface area contributed by atoms with Gasteiger partial charge in [-0.1, -0.05) is 26.0 Å². The maximum absolute atomic E-state index is 12.2. The lowest BCUT2D eigenvalue weighted by molar-refractivity contribution is -0.385. The van der Waals surface area contributed by atoms with Crippen molar-refractivity contribution in [1.82, 2.24) is 5.32 Å². The first kappa shape index (κ1) is 16.1. The van der Waals surface area contributed by atoms with Crippen LogP contribution in [0.2, 0.25) is 0 Å². The number of aryl methyl sites for hydroxylation is 1. The molecule has 0 fully saturated rings. The number of nitrogens with zero attached hydrogens (tertiary/aromatic N) is 1. The van der Waals surface area contributed by atoms with Gasteiger partial charge in [-0.25, -0.2) is 0 Å². The minimum Gasteiger partial charge on any atom is -0.396 e. The number of carbonyl (C=O) groups excluding carboxylic acids is 1. The molecule has 6 nitrogen and oxygen atoms in total. The van der Waals surface area contributed by atoms with Crippen molar-refractivity contribution in [1.29, 1.82) is 0 Å². The molecule has 0 heterocycles. The molecule has 0 spiro atoms. The molecule has 1 unspecified atom stereocenters. The van der Waals surface area contributed by atoms with E-state index in [1.54, 1.807) is 19.1 Å². The summed E-state index contributed by atoms with van der Waals surface area (Å²) < 4.78 is 0. The largest absolute Gasteiger partial charge is 0.396 e. The maximum Gasteiger partial charge on any atom is 0.285 e. The molecule has 0 aliphatic rings.